The molecule has 150 valence electrons. The maximum absolute atomic E-state index is 12.6. The third kappa shape index (κ3) is 5.61. The predicted molar refractivity (Wildman–Crippen MR) is 119 cm³/mol. The number of carbonyl (C=O) groups is 2. The van der Waals surface area contributed by atoms with Crippen molar-refractivity contribution in [2.75, 3.05) is 6.61 Å². The van der Waals surface area contributed by atoms with Crippen LogP contribution in [0.1, 0.15) is 34.8 Å². The minimum Gasteiger partial charge on any atom is -0.461 e. The molecule has 0 atom stereocenters. The molecule has 0 aliphatic rings. The zero-order valence-corrected chi connectivity index (χ0v) is 16.8. The number of hydrogen-bond donors (Lipinski definition) is 0. The van der Waals surface area contributed by atoms with Gasteiger partial charge in [0.25, 0.3) is 0 Å². The van der Waals surface area contributed by atoms with E-state index >= 15 is 0 Å². The molecule has 0 radical (unpaired) electrons. The number of nitrogens with zero attached hydrogens (tertiary/aromatic N) is 1. The maximum Gasteiger partial charge on any atom is 0.356 e. The third-order valence-corrected chi connectivity index (χ3v) is 4.39. The van der Waals surface area contributed by atoms with E-state index in [2.05, 4.69) is 4.99 Å². The van der Waals surface area contributed by atoms with Crippen molar-refractivity contribution >= 4 is 17.5 Å². The van der Waals surface area contributed by atoms with Crippen LogP contribution < -0.4 is 0 Å². The number of hydrogen-bond acceptors (Lipinski definition) is 4. The SMILES string of the molecule is CCOC(=O)/C(=C\CC(=O)c1ccccc1)N=C(c1ccccc1)c1ccccc1. The fraction of sp³-hybridized carbons (Fsp3) is 0.115. The van der Waals surface area contributed by atoms with Crippen LogP contribution in [0.2, 0.25) is 0 Å². The van der Waals surface area contributed by atoms with Crippen LogP contribution in [0.3, 0.4) is 0 Å². The molecule has 0 spiro atoms. The van der Waals surface area contributed by atoms with Gasteiger partial charge in [-0.2, -0.15) is 0 Å². The second-order valence-electron chi connectivity index (χ2n) is 6.50. The van der Waals surface area contributed by atoms with Gasteiger partial charge in [0.15, 0.2) is 5.78 Å². The molecule has 4 heteroatoms. The topological polar surface area (TPSA) is 55.7 Å². The number of esters is 1. The van der Waals surface area contributed by atoms with Crippen molar-refractivity contribution in [3.8, 4) is 0 Å². The first-order chi connectivity index (χ1) is 14.7. The van der Waals surface area contributed by atoms with E-state index in [9.17, 15) is 9.59 Å². The second-order valence-corrected chi connectivity index (χ2v) is 6.50. The Morgan fingerprint density at radius 3 is 1.70 bits per heavy atom. The van der Waals surface area contributed by atoms with Crippen molar-refractivity contribution in [3.63, 3.8) is 0 Å². The molecule has 0 heterocycles. The molecule has 4 nitrogen and oxygen atoms in total. The van der Waals surface area contributed by atoms with Crippen molar-refractivity contribution in [1.82, 2.24) is 0 Å². The van der Waals surface area contributed by atoms with Crippen molar-refractivity contribution in [1.29, 1.82) is 0 Å². The van der Waals surface area contributed by atoms with Crippen LogP contribution in [0.4, 0.5) is 0 Å². The Balaban J connectivity index is 2.01. The van der Waals surface area contributed by atoms with Gasteiger partial charge in [-0.25, -0.2) is 9.79 Å². The summed E-state index contributed by atoms with van der Waals surface area (Å²) in [5.41, 5.74) is 3.08. The lowest BCUT2D eigenvalue weighted by atomic mass is 10.0. The smallest absolute Gasteiger partial charge is 0.356 e. The van der Waals surface area contributed by atoms with E-state index in [1.54, 1.807) is 25.1 Å². The van der Waals surface area contributed by atoms with Gasteiger partial charge in [-0.15, -0.1) is 0 Å². The number of ketones is 1. The normalized spacial score (nSPS) is 10.9. The Morgan fingerprint density at radius 1 is 0.767 bits per heavy atom. The summed E-state index contributed by atoms with van der Waals surface area (Å²) in [6, 6.07) is 28.2. The number of allylic oxidation sites excluding steroid dienone is 1. The molecule has 0 aromatic heterocycles. The quantitative estimate of drug-likeness (QED) is 0.226. The van der Waals surface area contributed by atoms with Crippen LogP contribution in [-0.2, 0) is 9.53 Å². The van der Waals surface area contributed by atoms with Crippen LogP contribution in [0.25, 0.3) is 0 Å². The first-order valence-corrected chi connectivity index (χ1v) is 9.84. The molecule has 0 saturated carbocycles. The van der Waals surface area contributed by atoms with Crippen molar-refractivity contribution < 1.29 is 14.3 Å². The monoisotopic (exact) mass is 397 g/mol. The van der Waals surface area contributed by atoms with E-state index in [-0.39, 0.29) is 24.5 Å². The van der Waals surface area contributed by atoms with E-state index < -0.39 is 5.97 Å². The van der Waals surface area contributed by atoms with Gasteiger partial charge < -0.3 is 4.74 Å². The largest absolute Gasteiger partial charge is 0.461 e. The molecular formula is C26H23NO3. The maximum atomic E-state index is 12.6. The number of Topliss-reactive ketones (excluding diaryl/α,β-unsaturated/α-hetero) is 1. The van der Waals surface area contributed by atoms with Crippen LogP contribution in [0.5, 0.6) is 0 Å². The summed E-state index contributed by atoms with van der Waals surface area (Å²) in [4.78, 5) is 29.7. The molecule has 0 unspecified atom stereocenters. The number of benzene rings is 3. The van der Waals surface area contributed by atoms with E-state index in [0.29, 0.717) is 11.3 Å². The predicted octanol–water partition coefficient (Wildman–Crippen LogP) is 5.24. The highest BCUT2D eigenvalue weighted by molar-refractivity contribution is 6.14. The molecular weight excluding hydrogens is 374 g/mol. The number of rotatable bonds is 8. The van der Waals surface area contributed by atoms with Gasteiger partial charge in [-0.05, 0) is 13.0 Å². The van der Waals surface area contributed by atoms with Gasteiger partial charge >= 0.3 is 5.97 Å². The minimum atomic E-state index is -0.553. The average Bonchev–Trinajstić information content (AvgIpc) is 2.81. The van der Waals surface area contributed by atoms with Crippen LogP contribution in [0, 0.1) is 0 Å². The molecule has 3 aromatic rings. The fourth-order valence-electron chi connectivity index (χ4n) is 2.92. The zero-order chi connectivity index (χ0) is 21.2. The standard InChI is InChI=1S/C26H23NO3/c1-2-30-26(29)23(18-19-24(28)20-12-6-3-7-13-20)27-25(21-14-8-4-9-15-21)22-16-10-5-11-17-22/h3-18H,2,19H2,1H3/b23-18+. The average molecular weight is 397 g/mol. The Kier molecular flexibility index (Phi) is 7.45. The summed E-state index contributed by atoms with van der Waals surface area (Å²) in [6.07, 6.45) is 1.59. The van der Waals surface area contributed by atoms with Gasteiger partial charge in [0, 0.05) is 23.1 Å². The molecule has 0 saturated heterocycles. The Morgan fingerprint density at radius 2 is 1.23 bits per heavy atom. The number of carbonyl (C=O) groups excluding carboxylic acids is 2. The lowest BCUT2D eigenvalue weighted by Crippen LogP contribution is -2.11. The first kappa shape index (κ1) is 20.9. The fourth-order valence-corrected chi connectivity index (χ4v) is 2.92. The van der Waals surface area contributed by atoms with E-state index in [1.807, 2.05) is 78.9 Å². The molecule has 0 aliphatic heterocycles. The van der Waals surface area contributed by atoms with Crippen LogP contribution >= 0.6 is 0 Å². The second kappa shape index (κ2) is 10.7. The van der Waals surface area contributed by atoms with E-state index in [1.165, 1.54) is 0 Å². The summed E-state index contributed by atoms with van der Waals surface area (Å²) in [5.74, 6) is -0.642. The molecule has 30 heavy (non-hydrogen) atoms. The van der Waals surface area contributed by atoms with Crippen molar-refractivity contribution in [2.24, 2.45) is 4.99 Å². The van der Waals surface area contributed by atoms with Gasteiger partial charge in [-0.3, -0.25) is 4.79 Å². The Labute approximate surface area is 176 Å². The molecule has 0 aliphatic carbocycles. The highest BCUT2D eigenvalue weighted by Crippen LogP contribution is 2.15. The lowest BCUT2D eigenvalue weighted by molar-refractivity contribution is -0.138. The lowest BCUT2D eigenvalue weighted by Gasteiger charge is -2.09. The molecule has 0 bridgehead atoms. The zero-order valence-electron chi connectivity index (χ0n) is 16.8. The molecule has 0 N–H and O–H groups in total. The number of aliphatic imine (C=N–C) groups is 1. The Hall–Kier alpha value is -3.79. The Bertz CT molecular complexity index is 998. The van der Waals surface area contributed by atoms with Crippen LogP contribution in [-0.4, -0.2) is 24.1 Å². The van der Waals surface area contributed by atoms with Gasteiger partial charge in [0.1, 0.15) is 5.70 Å². The van der Waals surface area contributed by atoms with Gasteiger partial charge in [0.2, 0.25) is 0 Å². The highest BCUT2D eigenvalue weighted by Gasteiger charge is 2.15. The molecule has 3 rings (SSSR count). The summed E-state index contributed by atoms with van der Waals surface area (Å²) >= 11 is 0. The first-order valence-electron chi connectivity index (χ1n) is 9.84. The molecule has 0 amide bonds. The van der Waals surface area contributed by atoms with Crippen LogP contribution in [0.15, 0.2) is 108 Å². The summed E-state index contributed by atoms with van der Waals surface area (Å²) in [5, 5.41) is 0. The third-order valence-electron chi connectivity index (χ3n) is 4.39. The van der Waals surface area contributed by atoms with Gasteiger partial charge in [-0.1, -0.05) is 91.0 Å². The number of ether oxygens (including phenoxy) is 1. The van der Waals surface area contributed by atoms with E-state index in [4.69, 9.17) is 4.74 Å². The minimum absolute atomic E-state index is 0.0541. The van der Waals surface area contributed by atoms with Crippen molar-refractivity contribution in [2.45, 2.75) is 13.3 Å². The summed E-state index contributed by atoms with van der Waals surface area (Å²) in [7, 11) is 0. The summed E-state index contributed by atoms with van der Waals surface area (Å²) < 4.78 is 5.19. The van der Waals surface area contributed by atoms with Gasteiger partial charge in [0.05, 0.1) is 12.3 Å². The molecule has 3 aromatic carbocycles. The summed E-state index contributed by atoms with van der Waals surface area (Å²) in [6.45, 7) is 1.97. The van der Waals surface area contributed by atoms with Crippen molar-refractivity contribution in [3.05, 3.63) is 119 Å². The molecule has 0 fully saturated rings. The van der Waals surface area contributed by atoms with E-state index in [0.717, 1.165) is 11.1 Å². The highest BCUT2D eigenvalue weighted by atomic mass is 16.5.